The molecule has 6 heterocycles. The van der Waals surface area contributed by atoms with Gasteiger partial charge in [-0.2, -0.15) is 9.97 Å². The number of fused-ring (bicyclic) bond motifs is 4. The molecule has 1 aromatic heterocycles. The van der Waals surface area contributed by atoms with E-state index in [4.69, 9.17) is 14.7 Å². The zero-order chi connectivity index (χ0) is 29.6. The normalized spacial score (nSPS) is 33.6. The summed E-state index contributed by atoms with van der Waals surface area (Å²) in [7, 11) is 2.19. The van der Waals surface area contributed by atoms with Gasteiger partial charge < -0.3 is 15.0 Å². The average Bonchev–Trinajstić information content (AvgIpc) is 3.69. The summed E-state index contributed by atoms with van der Waals surface area (Å²) < 4.78 is 20.9. The monoisotopic (exact) mass is 589 g/mol. The molecule has 228 valence electrons. The molecular formula is C32H40FN7O3. The summed E-state index contributed by atoms with van der Waals surface area (Å²) >= 11 is 0. The van der Waals surface area contributed by atoms with Crippen molar-refractivity contribution in [2.24, 2.45) is 0 Å². The Morgan fingerprint density at radius 2 is 1.98 bits per heavy atom. The van der Waals surface area contributed by atoms with Gasteiger partial charge in [0.2, 0.25) is 0 Å². The van der Waals surface area contributed by atoms with Crippen LogP contribution >= 0.6 is 0 Å². The summed E-state index contributed by atoms with van der Waals surface area (Å²) in [6.45, 7) is 5.65. The molecule has 0 unspecified atom stereocenters. The van der Waals surface area contributed by atoms with Gasteiger partial charge in [-0.25, -0.2) is 9.18 Å². The van der Waals surface area contributed by atoms with Crippen LogP contribution in [0.4, 0.5) is 15.0 Å². The number of likely N-dealkylation sites (N-methyl/N-ethyl adjacent to an activating group) is 1. The molecular weight excluding hydrogens is 549 g/mol. The van der Waals surface area contributed by atoms with Gasteiger partial charge in [-0.1, -0.05) is 18.2 Å². The van der Waals surface area contributed by atoms with Crippen LogP contribution in [0, 0.1) is 6.92 Å². The molecule has 4 saturated heterocycles. The molecule has 10 nitrogen and oxygen atoms in total. The lowest BCUT2D eigenvalue weighted by Crippen LogP contribution is -2.59. The molecule has 2 spiro atoms. The third kappa shape index (κ3) is 4.10. The van der Waals surface area contributed by atoms with Gasteiger partial charge in [-0.3, -0.25) is 19.9 Å². The van der Waals surface area contributed by atoms with Crippen LogP contribution in [-0.2, 0) is 29.7 Å². The maximum atomic E-state index is 14.5. The third-order valence-electron chi connectivity index (χ3n) is 11.4. The Hall–Kier alpha value is -3.31. The number of carbonyl (C=O) groups excluding carboxylic acids is 2. The molecule has 8 rings (SSSR count). The van der Waals surface area contributed by atoms with Gasteiger partial charge in [0.25, 0.3) is 5.91 Å². The van der Waals surface area contributed by atoms with Gasteiger partial charge in [-0.15, -0.1) is 0 Å². The van der Waals surface area contributed by atoms with E-state index in [2.05, 4.69) is 57.5 Å². The minimum absolute atomic E-state index is 0.159. The maximum Gasteiger partial charge on any atom is 0.322 e. The molecule has 0 saturated carbocycles. The second kappa shape index (κ2) is 9.59. The van der Waals surface area contributed by atoms with E-state index >= 15 is 0 Å². The highest BCUT2D eigenvalue weighted by molar-refractivity contribution is 6.07. The van der Waals surface area contributed by atoms with E-state index in [0.717, 1.165) is 62.1 Å². The van der Waals surface area contributed by atoms with E-state index in [1.165, 1.54) is 16.7 Å². The minimum atomic E-state index is -0.971. The van der Waals surface area contributed by atoms with Gasteiger partial charge in [0.05, 0.1) is 23.3 Å². The Morgan fingerprint density at radius 1 is 1.12 bits per heavy atom. The lowest BCUT2D eigenvalue weighted by Gasteiger charge is -2.46. The van der Waals surface area contributed by atoms with Crippen LogP contribution in [0.15, 0.2) is 18.2 Å². The average molecular weight is 590 g/mol. The standard InChI is InChI=1S/C32H40FN7O3/c1-20-6-3-7-24-22(20)8-11-32(24)15-25-23(17-38(32)2)26(39-12-5-10-31(18-39)27(41)36-28(42)37-31)35-29(34-25)43-19-30-9-4-13-40(30)16-21(33)14-30/h3,6-7,21H,4-5,8-19H2,1-2H3,(H2,36,37,41,42)/t21-,30+,31-,32+/m1/s1. The Bertz CT molecular complexity index is 1520. The number of aryl methyl sites for hydroxylation is 1. The van der Waals surface area contributed by atoms with Crippen molar-refractivity contribution in [2.45, 2.75) is 87.6 Å². The first-order valence-corrected chi connectivity index (χ1v) is 15.8. The van der Waals surface area contributed by atoms with Gasteiger partial charge in [0.15, 0.2) is 0 Å². The van der Waals surface area contributed by atoms with E-state index < -0.39 is 17.7 Å². The van der Waals surface area contributed by atoms with Gasteiger partial charge in [0.1, 0.15) is 24.1 Å². The van der Waals surface area contributed by atoms with Crippen molar-refractivity contribution in [3.05, 3.63) is 46.1 Å². The lowest BCUT2D eigenvalue weighted by atomic mass is 9.80. The molecule has 1 aliphatic carbocycles. The Kier molecular flexibility index (Phi) is 6.08. The van der Waals surface area contributed by atoms with Crippen molar-refractivity contribution >= 4 is 17.8 Å². The topological polar surface area (TPSA) is 103 Å². The number of urea groups is 1. The van der Waals surface area contributed by atoms with Crippen molar-refractivity contribution in [1.29, 1.82) is 0 Å². The largest absolute Gasteiger partial charge is 0.461 e. The number of imide groups is 1. The SMILES string of the molecule is Cc1cccc2c1CC[C@]21Cc2nc(OC[C@@]34CCCN3C[C@H](F)C4)nc(N3CCC[C@]4(C3)NC(=O)NC4=O)c2CN1C. The summed E-state index contributed by atoms with van der Waals surface area (Å²) in [5, 5.41) is 5.34. The first kappa shape index (κ1) is 27.3. The van der Waals surface area contributed by atoms with Crippen molar-refractivity contribution < 1.29 is 18.7 Å². The van der Waals surface area contributed by atoms with Crippen LogP contribution in [0.25, 0.3) is 0 Å². The highest BCUT2D eigenvalue weighted by atomic mass is 19.1. The molecule has 4 fully saturated rings. The number of alkyl halides is 1. The molecule has 3 amide bonds. The smallest absolute Gasteiger partial charge is 0.322 e. The van der Waals surface area contributed by atoms with Crippen molar-refractivity contribution in [3.8, 4) is 6.01 Å². The summed E-state index contributed by atoms with van der Waals surface area (Å²) in [6.07, 6.45) is 5.73. The summed E-state index contributed by atoms with van der Waals surface area (Å²) in [5.74, 6) is 0.491. The number of hydrogen-bond donors (Lipinski definition) is 2. The molecule has 2 N–H and O–H groups in total. The van der Waals surface area contributed by atoms with Gasteiger partial charge in [-0.05, 0) is 75.7 Å². The number of hydrogen-bond acceptors (Lipinski definition) is 8. The number of amides is 3. The first-order chi connectivity index (χ1) is 20.7. The Labute approximate surface area is 251 Å². The highest BCUT2D eigenvalue weighted by Gasteiger charge is 2.52. The highest BCUT2D eigenvalue weighted by Crippen LogP contribution is 2.49. The molecule has 0 bridgehead atoms. The number of nitrogens with zero attached hydrogens (tertiary/aromatic N) is 5. The zero-order valence-corrected chi connectivity index (χ0v) is 25.0. The summed E-state index contributed by atoms with van der Waals surface area (Å²) in [4.78, 5) is 42.0. The molecule has 4 atom stereocenters. The van der Waals surface area contributed by atoms with Crippen LogP contribution in [0.3, 0.4) is 0 Å². The minimum Gasteiger partial charge on any atom is -0.461 e. The molecule has 5 aliphatic heterocycles. The predicted octanol–water partition coefficient (Wildman–Crippen LogP) is 2.75. The van der Waals surface area contributed by atoms with Crippen molar-refractivity contribution in [1.82, 2.24) is 30.4 Å². The van der Waals surface area contributed by atoms with Gasteiger partial charge in [0, 0.05) is 38.0 Å². The van der Waals surface area contributed by atoms with E-state index in [1.54, 1.807) is 0 Å². The first-order valence-electron chi connectivity index (χ1n) is 15.8. The predicted molar refractivity (Wildman–Crippen MR) is 158 cm³/mol. The van der Waals surface area contributed by atoms with E-state index in [1.807, 2.05) is 0 Å². The fourth-order valence-corrected chi connectivity index (χ4v) is 9.15. The number of nitrogens with one attached hydrogen (secondary N) is 2. The third-order valence-corrected chi connectivity index (χ3v) is 11.4. The number of halogens is 1. The fraction of sp³-hybridized carbons (Fsp3) is 0.625. The van der Waals surface area contributed by atoms with E-state index in [0.29, 0.717) is 51.6 Å². The second-order valence-corrected chi connectivity index (χ2v) is 13.8. The second-order valence-electron chi connectivity index (χ2n) is 13.8. The van der Waals surface area contributed by atoms with E-state index in [-0.39, 0.29) is 17.0 Å². The quantitative estimate of drug-likeness (QED) is 0.525. The number of anilines is 1. The van der Waals surface area contributed by atoms with Crippen LogP contribution < -0.4 is 20.3 Å². The molecule has 43 heavy (non-hydrogen) atoms. The number of benzene rings is 1. The van der Waals surface area contributed by atoms with Crippen LogP contribution in [0.5, 0.6) is 6.01 Å². The number of rotatable bonds is 4. The van der Waals surface area contributed by atoms with Crippen LogP contribution in [0.2, 0.25) is 0 Å². The lowest BCUT2D eigenvalue weighted by molar-refractivity contribution is -0.124. The molecule has 2 aromatic rings. The molecule has 6 aliphatic rings. The van der Waals surface area contributed by atoms with Crippen molar-refractivity contribution in [3.63, 3.8) is 0 Å². The van der Waals surface area contributed by atoms with Crippen LogP contribution in [0.1, 0.15) is 66.5 Å². The zero-order valence-electron chi connectivity index (χ0n) is 25.0. The summed E-state index contributed by atoms with van der Waals surface area (Å²) in [5.41, 5.74) is 4.74. The number of piperidine rings is 1. The Balaban J connectivity index is 1.18. The van der Waals surface area contributed by atoms with Gasteiger partial charge >= 0.3 is 12.0 Å². The molecule has 1 aromatic carbocycles. The number of aromatic nitrogens is 2. The summed E-state index contributed by atoms with van der Waals surface area (Å²) in [6, 6.07) is 6.50. The molecule has 11 heteroatoms. The number of ether oxygens (including phenoxy) is 1. The molecule has 0 radical (unpaired) electrons. The van der Waals surface area contributed by atoms with Crippen LogP contribution in [-0.4, -0.2) is 88.8 Å². The van der Waals surface area contributed by atoms with Crippen molar-refractivity contribution in [2.75, 3.05) is 44.7 Å². The maximum absolute atomic E-state index is 14.5. The fourth-order valence-electron chi connectivity index (χ4n) is 9.15. The van der Waals surface area contributed by atoms with E-state index in [9.17, 15) is 14.0 Å². The Morgan fingerprint density at radius 3 is 2.81 bits per heavy atom. The number of carbonyl (C=O) groups is 2.